The number of rotatable bonds is 6. The lowest BCUT2D eigenvalue weighted by Crippen LogP contribution is -2.67. The maximum atomic E-state index is 12.4. The van der Waals surface area contributed by atoms with Crippen LogP contribution < -0.4 is 5.32 Å². The van der Waals surface area contributed by atoms with Crippen LogP contribution in [0.15, 0.2) is 30.6 Å². The summed E-state index contributed by atoms with van der Waals surface area (Å²) in [5.41, 5.74) is 2.06. The number of amides is 1. The fourth-order valence-electron chi connectivity index (χ4n) is 4.12. The Kier molecular flexibility index (Phi) is 4.25. The molecular formula is C18H23N5O2. The highest BCUT2D eigenvalue weighted by Crippen LogP contribution is 2.57. The lowest BCUT2D eigenvalue weighted by molar-refractivity contribution is -0.175. The number of carbonyl (C=O) groups is 1. The first-order valence-electron chi connectivity index (χ1n) is 8.94. The molecule has 4 rings (SSSR count). The van der Waals surface area contributed by atoms with Gasteiger partial charge in [0.1, 0.15) is 6.33 Å². The van der Waals surface area contributed by atoms with Crippen molar-refractivity contribution in [2.24, 2.45) is 5.41 Å². The minimum absolute atomic E-state index is 0.0846. The lowest BCUT2D eigenvalue weighted by atomic mass is 9.51. The molecule has 2 atom stereocenters. The number of ether oxygens (including phenoxy) is 1. The van der Waals surface area contributed by atoms with Crippen molar-refractivity contribution >= 4 is 5.91 Å². The van der Waals surface area contributed by atoms with Crippen LogP contribution >= 0.6 is 0 Å². The van der Waals surface area contributed by atoms with Crippen LogP contribution in [-0.4, -0.2) is 44.9 Å². The molecule has 132 valence electrons. The Morgan fingerprint density at radius 1 is 1.36 bits per heavy atom. The highest BCUT2D eigenvalue weighted by molar-refractivity contribution is 5.79. The van der Waals surface area contributed by atoms with E-state index in [0.29, 0.717) is 12.5 Å². The molecular weight excluding hydrogens is 318 g/mol. The summed E-state index contributed by atoms with van der Waals surface area (Å²) in [5, 5.41) is 14.3. The summed E-state index contributed by atoms with van der Waals surface area (Å²) in [4.78, 5) is 12.4. The fraction of sp³-hybridized carbons (Fsp3) is 0.556. The van der Waals surface area contributed by atoms with Crippen LogP contribution in [-0.2, 0) is 16.0 Å². The van der Waals surface area contributed by atoms with E-state index in [2.05, 4.69) is 20.8 Å². The van der Waals surface area contributed by atoms with Crippen LogP contribution in [0.2, 0.25) is 0 Å². The summed E-state index contributed by atoms with van der Waals surface area (Å²) in [5.74, 6) is 0.0846. The first-order valence-corrected chi connectivity index (χ1v) is 8.94. The van der Waals surface area contributed by atoms with Crippen molar-refractivity contribution in [1.29, 1.82) is 0 Å². The number of carbonyl (C=O) groups excluding carboxylic acids is 1. The Balaban J connectivity index is 1.34. The van der Waals surface area contributed by atoms with Gasteiger partial charge in [-0.25, -0.2) is 4.68 Å². The molecule has 2 saturated carbocycles. The van der Waals surface area contributed by atoms with Gasteiger partial charge in [0.05, 0.1) is 18.2 Å². The van der Waals surface area contributed by atoms with Gasteiger partial charge in [0.15, 0.2) is 0 Å². The lowest BCUT2D eigenvalue weighted by Gasteiger charge is -2.61. The SMILES string of the molecule is CCOC1CC(NC(=O)Cc2ccc(-n3cnnn3)cc2)C12CCC2. The second kappa shape index (κ2) is 6.55. The van der Waals surface area contributed by atoms with E-state index in [1.807, 2.05) is 31.2 Å². The molecule has 1 heterocycles. The first-order chi connectivity index (χ1) is 12.2. The number of nitrogens with zero attached hydrogens (tertiary/aromatic N) is 4. The first kappa shape index (κ1) is 16.2. The molecule has 1 spiro atoms. The molecule has 2 aliphatic rings. The van der Waals surface area contributed by atoms with Crippen molar-refractivity contribution < 1.29 is 9.53 Å². The highest BCUT2D eigenvalue weighted by atomic mass is 16.5. The van der Waals surface area contributed by atoms with Crippen LogP contribution in [0.25, 0.3) is 5.69 Å². The average Bonchev–Trinajstić information content (AvgIpc) is 3.07. The van der Waals surface area contributed by atoms with Gasteiger partial charge in [0, 0.05) is 18.1 Å². The van der Waals surface area contributed by atoms with Crippen LogP contribution in [0, 0.1) is 5.41 Å². The van der Waals surface area contributed by atoms with Gasteiger partial charge in [-0.3, -0.25) is 4.79 Å². The van der Waals surface area contributed by atoms with Crippen molar-refractivity contribution in [2.45, 2.75) is 51.2 Å². The van der Waals surface area contributed by atoms with Gasteiger partial charge in [0.25, 0.3) is 0 Å². The summed E-state index contributed by atoms with van der Waals surface area (Å²) in [6, 6.07) is 7.99. The third kappa shape index (κ3) is 2.93. The quantitative estimate of drug-likeness (QED) is 0.864. The Morgan fingerprint density at radius 3 is 2.76 bits per heavy atom. The van der Waals surface area contributed by atoms with Gasteiger partial charge >= 0.3 is 0 Å². The normalized spacial score (nSPS) is 23.7. The average molecular weight is 341 g/mol. The second-order valence-corrected chi connectivity index (χ2v) is 6.98. The maximum Gasteiger partial charge on any atom is 0.224 e. The monoisotopic (exact) mass is 341 g/mol. The van der Waals surface area contributed by atoms with Crippen molar-refractivity contribution in [3.05, 3.63) is 36.2 Å². The van der Waals surface area contributed by atoms with Gasteiger partial charge in [-0.05, 0) is 54.3 Å². The summed E-state index contributed by atoms with van der Waals surface area (Å²) in [7, 11) is 0. The molecule has 2 unspecified atom stereocenters. The third-order valence-corrected chi connectivity index (χ3v) is 5.69. The Labute approximate surface area is 146 Å². The van der Waals surface area contributed by atoms with Crippen LogP contribution in [0.5, 0.6) is 0 Å². The summed E-state index contributed by atoms with van der Waals surface area (Å²) >= 11 is 0. The van der Waals surface area contributed by atoms with Crippen LogP contribution in [0.4, 0.5) is 0 Å². The van der Waals surface area contributed by atoms with Crippen molar-refractivity contribution in [3.8, 4) is 5.69 Å². The van der Waals surface area contributed by atoms with E-state index in [0.717, 1.165) is 24.3 Å². The van der Waals surface area contributed by atoms with E-state index in [1.54, 1.807) is 11.0 Å². The predicted molar refractivity (Wildman–Crippen MR) is 91.1 cm³/mol. The molecule has 1 aromatic carbocycles. The molecule has 1 aromatic heterocycles. The van der Waals surface area contributed by atoms with Crippen LogP contribution in [0.3, 0.4) is 0 Å². The van der Waals surface area contributed by atoms with Gasteiger partial charge < -0.3 is 10.1 Å². The molecule has 1 amide bonds. The second-order valence-electron chi connectivity index (χ2n) is 6.98. The number of hydrogen-bond acceptors (Lipinski definition) is 5. The van der Waals surface area contributed by atoms with Crippen LogP contribution in [0.1, 0.15) is 38.2 Å². The van der Waals surface area contributed by atoms with Crippen molar-refractivity contribution in [3.63, 3.8) is 0 Å². The van der Waals surface area contributed by atoms with Gasteiger partial charge in [-0.1, -0.05) is 18.6 Å². The van der Waals surface area contributed by atoms with E-state index in [4.69, 9.17) is 4.74 Å². The highest BCUT2D eigenvalue weighted by Gasteiger charge is 2.59. The molecule has 2 aromatic rings. The van der Waals surface area contributed by atoms with Gasteiger partial charge in [-0.2, -0.15) is 0 Å². The summed E-state index contributed by atoms with van der Waals surface area (Å²) < 4.78 is 7.43. The molecule has 0 radical (unpaired) electrons. The van der Waals surface area contributed by atoms with Gasteiger partial charge in [0.2, 0.25) is 5.91 Å². The molecule has 25 heavy (non-hydrogen) atoms. The standard InChI is InChI=1S/C18H23N5O2/c1-2-25-16-11-15(18(16)8-3-9-18)20-17(24)10-13-4-6-14(7-5-13)23-12-19-21-22-23/h4-7,12,15-16H,2-3,8-11H2,1H3,(H,20,24). The molecule has 0 bridgehead atoms. The number of tetrazole rings is 1. The maximum absolute atomic E-state index is 12.4. The molecule has 0 aliphatic heterocycles. The molecule has 7 heteroatoms. The Hall–Kier alpha value is -2.28. The number of hydrogen-bond donors (Lipinski definition) is 1. The van der Waals surface area contributed by atoms with E-state index in [9.17, 15) is 4.79 Å². The minimum atomic E-state index is 0.0846. The Bertz CT molecular complexity index is 724. The summed E-state index contributed by atoms with van der Waals surface area (Å²) in [6.45, 7) is 2.79. The zero-order valence-electron chi connectivity index (χ0n) is 14.4. The molecule has 7 nitrogen and oxygen atoms in total. The molecule has 2 fully saturated rings. The number of aromatic nitrogens is 4. The Morgan fingerprint density at radius 2 is 2.16 bits per heavy atom. The number of benzene rings is 1. The smallest absolute Gasteiger partial charge is 0.224 e. The van der Waals surface area contributed by atoms with E-state index >= 15 is 0 Å². The predicted octanol–water partition coefficient (Wildman–Crippen LogP) is 1.67. The molecule has 1 N–H and O–H groups in total. The van der Waals surface area contributed by atoms with Gasteiger partial charge in [-0.15, -0.1) is 5.10 Å². The zero-order chi connectivity index (χ0) is 17.3. The van der Waals surface area contributed by atoms with E-state index < -0.39 is 0 Å². The number of nitrogens with one attached hydrogen (secondary N) is 1. The van der Waals surface area contributed by atoms with E-state index in [-0.39, 0.29) is 17.4 Å². The molecule has 2 aliphatic carbocycles. The van der Waals surface area contributed by atoms with Crippen molar-refractivity contribution in [1.82, 2.24) is 25.5 Å². The van der Waals surface area contributed by atoms with Crippen molar-refractivity contribution in [2.75, 3.05) is 6.61 Å². The van der Waals surface area contributed by atoms with E-state index in [1.165, 1.54) is 19.3 Å². The third-order valence-electron chi connectivity index (χ3n) is 5.69. The minimum Gasteiger partial charge on any atom is -0.378 e. The zero-order valence-corrected chi connectivity index (χ0v) is 14.4. The fourth-order valence-corrected chi connectivity index (χ4v) is 4.12. The molecule has 0 saturated heterocycles. The topological polar surface area (TPSA) is 81.9 Å². The largest absolute Gasteiger partial charge is 0.378 e. The summed E-state index contributed by atoms with van der Waals surface area (Å²) in [6.07, 6.45) is 6.79.